The van der Waals surface area contributed by atoms with E-state index in [-0.39, 0.29) is 9.79 Å². The Morgan fingerprint density at radius 3 is 2.53 bits per heavy atom. The van der Waals surface area contributed by atoms with Gasteiger partial charge in [0.05, 0.1) is 16.1 Å². The van der Waals surface area contributed by atoms with Crippen LogP contribution < -0.4 is 4.90 Å². The fraction of sp³-hybridized carbons (Fsp3) is 0.348. The lowest BCUT2D eigenvalue weighted by Crippen LogP contribution is -2.30. The van der Waals surface area contributed by atoms with Crippen molar-refractivity contribution in [1.29, 1.82) is 0 Å². The van der Waals surface area contributed by atoms with Gasteiger partial charge in [-0.2, -0.15) is 0 Å². The van der Waals surface area contributed by atoms with E-state index in [0.29, 0.717) is 29.7 Å². The van der Waals surface area contributed by atoms with E-state index in [1.165, 1.54) is 18.3 Å². The number of benzene rings is 2. The van der Waals surface area contributed by atoms with Gasteiger partial charge >= 0.3 is 0 Å². The maximum atomic E-state index is 14.2. The summed E-state index contributed by atoms with van der Waals surface area (Å²) in [5.74, 6) is -0.403. The molecule has 0 amide bonds. The first-order valence-corrected chi connectivity index (χ1v) is 11.7. The predicted molar refractivity (Wildman–Crippen MR) is 117 cm³/mol. The van der Waals surface area contributed by atoms with Gasteiger partial charge in [-0.1, -0.05) is 19.1 Å². The van der Waals surface area contributed by atoms with Gasteiger partial charge in [0.15, 0.2) is 0 Å². The number of rotatable bonds is 4. The third-order valence-corrected chi connectivity index (χ3v) is 7.51. The molecule has 0 saturated carbocycles. The normalized spacial score (nSPS) is 16.0. The molecule has 5 nitrogen and oxygen atoms in total. The molecule has 30 heavy (non-hydrogen) atoms. The van der Waals surface area contributed by atoms with Crippen LogP contribution in [0.15, 0.2) is 58.5 Å². The molecule has 7 heteroatoms. The van der Waals surface area contributed by atoms with E-state index < -0.39 is 15.7 Å². The van der Waals surface area contributed by atoms with Gasteiger partial charge in [-0.3, -0.25) is 4.98 Å². The van der Waals surface area contributed by atoms with E-state index in [4.69, 9.17) is 0 Å². The Morgan fingerprint density at radius 2 is 1.80 bits per heavy atom. The summed E-state index contributed by atoms with van der Waals surface area (Å²) >= 11 is 0. The molecule has 2 aromatic carbocycles. The van der Waals surface area contributed by atoms with Crippen molar-refractivity contribution >= 4 is 26.4 Å². The van der Waals surface area contributed by atoms with Crippen LogP contribution in [0.5, 0.6) is 0 Å². The minimum atomic E-state index is -3.81. The van der Waals surface area contributed by atoms with Crippen LogP contribution in [0.25, 0.3) is 10.9 Å². The van der Waals surface area contributed by atoms with E-state index in [2.05, 4.69) is 21.8 Å². The molecular weight excluding hydrogens is 401 g/mol. The molecule has 1 aromatic heterocycles. The van der Waals surface area contributed by atoms with Crippen molar-refractivity contribution in [3.63, 3.8) is 0 Å². The van der Waals surface area contributed by atoms with Crippen molar-refractivity contribution in [3.05, 3.63) is 60.0 Å². The molecule has 1 fully saturated rings. The third kappa shape index (κ3) is 3.91. The zero-order valence-corrected chi connectivity index (χ0v) is 18.1. The van der Waals surface area contributed by atoms with Gasteiger partial charge in [-0.15, -0.1) is 0 Å². The number of sulfone groups is 1. The van der Waals surface area contributed by atoms with Gasteiger partial charge in [0.25, 0.3) is 0 Å². The van der Waals surface area contributed by atoms with Crippen LogP contribution in [0.4, 0.5) is 10.1 Å². The summed E-state index contributed by atoms with van der Waals surface area (Å²) in [4.78, 5) is 9.01. The first-order valence-electron chi connectivity index (χ1n) is 10.3. The van der Waals surface area contributed by atoms with Gasteiger partial charge in [-0.25, -0.2) is 12.8 Å². The van der Waals surface area contributed by atoms with Gasteiger partial charge < -0.3 is 9.80 Å². The van der Waals surface area contributed by atoms with E-state index in [9.17, 15) is 12.8 Å². The zero-order chi connectivity index (χ0) is 21.3. The van der Waals surface area contributed by atoms with Gasteiger partial charge in [-0.05, 0) is 62.3 Å². The Labute approximate surface area is 177 Å². The molecule has 0 N–H and O–H groups in total. The highest BCUT2D eigenvalue weighted by molar-refractivity contribution is 7.91. The largest absolute Gasteiger partial charge is 0.369 e. The minimum Gasteiger partial charge on any atom is -0.369 e. The SMILES string of the molecule is CCc1ccc(S(=O)(=O)c2cnc3ccc(F)cc3c2N2CCCN(C)CC2)cc1. The Bertz CT molecular complexity index is 1160. The number of aryl methyl sites for hydroxylation is 1. The number of anilines is 1. The minimum absolute atomic E-state index is 0.134. The number of fused-ring (bicyclic) bond motifs is 1. The molecule has 0 aliphatic carbocycles. The smallest absolute Gasteiger partial charge is 0.210 e. The van der Waals surface area contributed by atoms with Gasteiger partial charge in [0.1, 0.15) is 10.7 Å². The summed E-state index contributed by atoms with van der Waals surface area (Å²) in [5.41, 5.74) is 2.21. The van der Waals surface area contributed by atoms with Crippen molar-refractivity contribution in [1.82, 2.24) is 9.88 Å². The lowest BCUT2D eigenvalue weighted by molar-refractivity contribution is 0.360. The van der Waals surface area contributed by atoms with Crippen molar-refractivity contribution in [2.24, 2.45) is 0 Å². The molecule has 1 saturated heterocycles. The first-order chi connectivity index (χ1) is 14.4. The fourth-order valence-electron chi connectivity index (χ4n) is 3.96. The maximum Gasteiger partial charge on any atom is 0.210 e. The van der Waals surface area contributed by atoms with E-state index in [0.717, 1.165) is 31.5 Å². The standard InChI is InChI=1S/C23H26FN3O2S/c1-3-17-5-8-19(9-6-17)30(28,29)22-16-25-21-10-7-18(24)15-20(21)23(22)27-12-4-11-26(2)13-14-27/h5-10,15-16H,3-4,11-14H2,1-2H3. The van der Waals surface area contributed by atoms with E-state index >= 15 is 0 Å². The lowest BCUT2D eigenvalue weighted by Gasteiger charge is -2.27. The molecule has 3 aromatic rings. The van der Waals surface area contributed by atoms with Crippen LogP contribution in [0.2, 0.25) is 0 Å². The molecule has 0 radical (unpaired) electrons. The predicted octanol–water partition coefficient (Wildman–Crippen LogP) is 3.91. The highest BCUT2D eigenvalue weighted by Gasteiger charge is 2.28. The monoisotopic (exact) mass is 427 g/mol. The summed E-state index contributed by atoms with van der Waals surface area (Å²) in [6.45, 7) is 5.15. The molecule has 0 spiro atoms. The second kappa shape index (κ2) is 8.32. The number of halogens is 1. The lowest BCUT2D eigenvalue weighted by atomic mass is 10.1. The van der Waals surface area contributed by atoms with Gasteiger partial charge in [0, 0.05) is 31.2 Å². The second-order valence-corrected chi connectivity index (χ2v) is 9.70. The van der Waals surface area contributed by atoms with Crippen LogP contribution >= 0.6 is 0 Å². The summed E-state index contributed by atoms with van der Waals surface area (Å²) in [5, 5.41) is 0.533. The number of hydrogen-bond acceptors (Lipinski definition) is 5. The molecule has 0 unspecified atom stereocenters. The Balaban J connectivity index is 1.92. The Morgan fingerprint density at radius 1 is 1.03 bits per heavy atom. The van der Waals surface area contributed by atoms with Crippen LogP contribution in [0.1, 0.15) is 18.9 Å². The first kappa shape index (κ1) is 20.8. The van der Waals surface area contributed by atoms with Crippen LogP contribution in [0.3, 0.4) is 0 Å². The number of aromatic nitrogens is 1. The maximum absolute atomic E-state index is 14.2. The molecule has 1 aliphatic heterocycles. The zero-order valence-electron chi connectivity index (χ0n) is 17.3. The topological polar surface area (TPSA) is 53.5 Å². The average Bonchev–Trinajstić information content (AvgIpc) is 2.97. The quantitative estimate of drug-likeness (QED) is 0.632. The van der Waals surface area contributed by atoms with Gasteiger partial charge in [0.2, 0.25) is 9.84 Å². The number of likely N-dealkylation sites (N-methyl/N-ethyl adjacent to an activating group) is 1. The highest BCUT2D eigenvalue weighted by Crippen LogP contribution is 2.36. The van der Waals surface area contributed by atoms with Crippen molar-refractivity contribution in [2.45, 2.75) is 29.6 Å². The van der Waals surface area contributed by atoms with Crippen LogP contribution in [-0.2, 0) is 16.3 Å². The number of hydrogen-bond donors (Lipinski definition) is 0. The number of pyridine rings is 1. The molecular formula is C23H26FN3O2S. The van der Waals surface area contributed by atoms with Crippen LogP contribution in [-0.4, -0.2) is 51.5 Å². The van der Waals surface area contributed by atoms with Crippen molar-refractivity contribution < 1.29 is 12.8 Å². The fourth-order valence-corrected chi connectivity index (χ4v) is 5.39. The van der Waals surface area contributed by atoms with E-state index in [1.807, 2.05) is 19.1 Å². The summed E-state index contributed by atoms with van der Waals surface area (Å²) in [6.07, 6.45) is 3.16. The average molecular weight is 428 g/mol. The van der Waals surface area contributed by atoms with Crippen LogP contribution in [0, 0.1) is 5.82 Å². The van der Waals surface area contributed by atoms with Crippen molar-refractivity contribution in [2.75, 3.05) is 38.1 Å². The summed E-state index contributed by atoms with van der Waals surface area (Å²) in [6, 6.07) is 11.3. The Hall–Kier alpha value is -2.51. The molecule has 0 bridgehead atoms. The third-order valence-electron chi connectivity index (χ3n) is 5.74. The second-order valence-electron chi connectivity index (χ2n) is 7.78. The van der Waals surface area contributed by atoms with E-state index in [1.54, 1.807) is 18.2 Å². The summed E-state index contributed by atoms with van der Waals surface area (Å²) < 4.78 is 41.4. The molecule has 0 atom stereocenters. The highest BCUT2D eigenvalue weighted by atomic mass is 32.2. The molecule has 2 heterocycles. The number of nitrogens with zero attached hydrogens (tertiary/aromatic N) is 3. The molecule has 4 rings (SSSR count). The Kier molecular flexibility index (Phi) is 5.75. The summed E-state index contributed by atoms with van der Waals surface area (Å²) in [7, 11) is -1.76. The molecule has 158 valence electrons. The van der Waals surface area contributed by atoms with Crippen molar-refractivity contribution in [3.8, 4) is 0 Å². The molecule has 1 aliphatic rings.